The van der Waals surface area contributed by atoms with E-state index in [0.717, 1.165) is 5.56 Å². The van der Waals surface area contributed by atoms with Gasteiger partial charge >= 0.3 is 0 Å². The van der Waals surface area contributed by atoms with E-state index in [1.165, 1.54) is 12.3 Å². The molecule has 7 heteroatoms. The molecular formula is C15H24FN3O2S. The first kappa shape index (κ1) is 18.4. The van der Waals surface area contributed by atoms with Crippen molar-refractivity contribution in [2.24, 2.45) is 4.99 Å². The molecule has 0 saturated carbocycles. The molecule has 0 bridgehead atoms. The van der Waals surface area contributed by atoms with E-state index in [-0.39, 0.29) is 17.6 Å². The highest BCUT2D eigenvalue weighted by atomic mass is 32.2. The third-order valence-electron chi connectivity index (χ3n) is 3.22. The minimum absolute atomic E-state index is 0.0318. The number of aliphatic imine (C=N–C) groups is 1. The van der Waals surface area contributed by atoms with Gasteiger partial charge in [-0.1, -0.05) is 12.1 Å². The van der Waals surface area contributed by atoms with E-state index in [1.807, 2.05) is 13.0 Å². The first-order valence-corrected chi connectivity index (χ1v) is 9.17. The molecule has 0 spiro atoms. The van der Waals surface area contributed by atoms with Crippen LogP contribution in [-0.4, -0.2) is 39.5 Å². The van der Waals surface area contributed by atoms with Gasteiger partial charge in [0.1, 0.15) is 15.7 Å². The summed E-state index contributed by atoms with van der Waals surface area (Å²) >= 11 is 0. The predicted octanol–water partition coefficient (Wildman–Crippen LogP) is 1.62. The third-order valence-corrected chi connectivity index (χ3v) is 4.20. The Hall–Kier alpha value is -1.63. The Labute approximate surface area is 132 Å². The van der Waals surface area contributed by atoms with Crippen molar-refractivity contribution >= 4 is 15.8 Å². The minimum Gasteiger partial charge on any atom is -0.354 e. The van der Waals surface area contributed by atoms with Gasteiger partial charge in [-0.05, 0) is 37.5 Å². The molecule has 0 aliphatic carbocycles. The maximum Gasteiger partial charge on any atom is 0.191 e. The van der Waals surface area contributed by atoms with Crippen LogP contribution >= 0.6 is 0 Å². The van der Waals surface area contributed by atoms with Gasteiger partial charge in [-0.25, -0.2) is 12.8 Å². The predicted molar refractivity (Wildman–Crippen MR) is 88.3 cm³/mol. The highest BCUT2D eigenvalue weighted by Gasteiger charge is 2.09. The fourth-order valence-electron chi connectivity index (χ4n) is 1.82. The molecule has 124 valence electrons. The van der Waals surface area contributed by atoms with E-state index < -0.39 is 9.84 Å². The number of guanidine groups is 1. The van der Waals surface area contributed by atoms with Crippen LogP contribution in [0.15, 0.2) is 23.2 Å². The summed E-state index contributed by atoms with van der Waals surface area (Å²) in [6.45, 7) is 4.05. The largest absolute Gasteiger partial charge is 0.354 e. The van der Waals surface area contributed by atoms with Crippen molar-refractivity contribution < 1.29 is 12.8 Å². The second-order valence-corrected chi connectivity index (χ2v) is 7.73. The van der Waals surface area contributed by atoms with Gasteiger partial charge in [0.2, 0.25) is 0 Å². The molecule has 0 amide bonds. The van der Waals surface area contributed by atoms with Crippen LogP contribution in [0.3, 0.4) is 0 Å². The highest BCUT2D eigenvalue weighted by Crippen LogP contribution is 2.08. The number of hydrogen-bond donors (Lipinski definition) is 2. The Morgan fingerprint density at radius 2 is 2.09 bits per heavy atom. The first-order chi connectivity index (χ1) is 10.2. The average Bonchev–Trinajstić information content (AvgIpc) is 2.44. The summed E-state index contributed by atoms with van der Waals surface area (Å²) in [6, 6.07) is 5.04. The molecule has 1 rings (SSSR count). The smallest absolute Gasteiger partial charge is 0.191 e. The summed E-state index contributed by atoms with van der Waals surface area (Å²) < 4.78 is 35.8. The number of nitrogens with zero attached hydrogens (tertiary/aromatic N) is 1. The van der Waals surface area contributed by atoms with Crippen molar-refractivity contribution in [3.63, 3.8) is 0 Å². The molecule has 5 nitrogen and oxygen atoms in total. The molecule has 1 aromatic rings. The van der Waals surface area contributed by atoms with Gasteiger partial charge in [-0.2, -0.15) is 0 Å². The summed E-state index contributed by atoms with van der Waals surface area (Å²) in [6.07, 6.45) is 1.72. The zero-order valence-electron chi connectivity index (χ0n) is 13.5. The van der Waals surface area contributed by atoms with Crippen LogP contribution in [0.4, 0.5) is 4.39 Å². The Bertz CT molecular complexity index is 630. The number of nitrogens with one attached hydrogen (secondary N) is 2. The van der Waals surface area contributed by atoms with Crippen molar-refractivity contribution in [2.45, 2.75) is 32.9 Å². The van der Waals surface area contributed by atoms with Crippen molar-refractivity contribution in [2.75, 3.05) is 19.1 Å². The normalized spacial score (nSPS) is 13.8. The summed E-state index contributed by atoms with van der Waals surface area (Å²) in [5, 5.41) is 6.20. The Kier molecular flexibility index (Phi) is 6.80. The third kappa shape index (κ3) is 6.89. The number of hydrogen-bond acceptors (Lipinski definition) is 3. The van der Waals surface area contributed by atoms with Crippen LogP contribution < -0.4 is 10.6 Å². The quantitative estimate of drug-likeness (QED) is 0.615. The number of benzene rings is 1. The first-order valence-electron chi connectivity index (χ1n) is 7.11. The molecule has 1 aromatic carbocycles. The molecule has 0 saturated heterocycles. The average molecular weight is 329 g/mol. The van der Waals surface area contributed by atoms with Crippen LogP contribution in [0.2, 0.25) is 0 Å². The zero-order valence-corrected chi connectivity index (χ0v) is 14.3. The fraction of sp³-hybridized carbons (Fsp3) is 0.533. The summed E-state index contributed by atoms with van der Waals surface area (Å²) in [5.41, 5.74) is 1.43. The number of halogens is 1. The van der Waals surface area contributed by atoms with Gasteiger partial charge in [0.25, 0.3) is 0 Å². The summed E-state index contributed by atoms with van der Waals surface area (Å²) in [4.78, 5) is 4.08. The topological polar surface area (TPSA) is 70.6 Å². The fourth-order valence-corrected chi connectivity index (χ4v) is 2.60. The van der Waals surface area contributed by atoms with Crippen molar-refractivity contribution in [1.29, 1.82) is 0 Å². The van der Waals surface area contributed by atoms with E-state index in [9.17, 15) is 12.8 Å². The van der Waals surface area contributed by atoms with Gasteiger partial charge in [0.15, 0.2) is 5.96 Å². The van der Waals surface area contributed by atoms with Gasteiger partial charge in [-0.3, -0.25) is 4.99 Å². The molecule has 0 fully saturated rings. The number of sulfone groups is 1. The molecule has 1 atom stereocenters. The lowest BCUT2D eigenvalue weighted by atomic mass is 10.1. The van der Waals surface area contributed by atoms with Crippen LogP contribution in [0.5, 0.6) is 0 Å². The van der Waals surface area contributed by atoms with Crippen LogP contribution in [-0.2, 0) is 16.4 Å². The molecule has 0 heterocycles. The maximum absolute atomic E-state index is 13.5. The number of aryl methyl sites for hydroxylation is 1. The van der Waals surface area contributed by atoms with E-state index in [4.69, 9.17) is 0 Å². The van der Waals surface area contributed by atoms with Crippen LogP contribution in [0, 0.1) is 12.7 Å². The lowest BCUT2D eigenvalue weighted by molar-refractivity contribution is 0.581. The Morgan fingerprint density at radius 3 is 2.64 bits per heavy atom. The molecule has 0 aliphatic heterocycles. The van der Waals surface area contributed by atoms with Crippen LogP contribution in [0.1, 0.15) is 24.5 Å². The molecule has 2 N–H and O–H groups in total. The standard InChI is InChI=1S/C15H24FN3O2S/c1-11-5-6-13(9-14(11)16)10-18-15(17-3)19-12(2)7-8-22(4,20)21/h5-6,9,12H,7-8,10H2,1-4H3,(H2,17,18,19). The summed E-state index contributed by atoms with van der Waals surface area (Å²) in [7, 11) is -1.33. The SMILES string of the molecule is CN=C(NCc1ccc(C)c(F)c1)NC(C)CCS(C)(=O)=O. The summed E-state index contributed by atoms with van der Waals surface area (Å²) in [5.74, 6) is 0.451. The Balaban J connectivity index is 2.50. The minimum atomic E-state index is -2.97. The molecule has 0 radical (unpaired) electrons. The lowest BCUT2D eigenvalue weighted by Gasteiger charge is -2.17. The van der Waals surface area contributed by atoms with E-state index in [2.05, 4.69) is 15.6 Å². The molecule has 0 aromatic heterocycles. The molecular weight excluding hydrogens is 305 g/mol. The van der Waals surface area contributed by atoms with Gasteiger partial charge in [0, 0.05) is 25.9 Å². The highest BCUT2D eigenvalue weighted by molar-refractivity contribution is 7.90. The van der Waals surface area contributed by atoms with Crippen molar-refractivity contribution in [1.82, 2.24) is 10.6 Å². The van der Waals surface area contributed by atoms with E-state index in [1.54, 1.807) is 20.0 Å². The number of rotatable bonds is 6. The second kappa shape index (κ2) is 8.12. The lowest BCUT2D eigenvalue weighted by Crippen LogP contribution is -2.42. The van der Waals surface area contributed by atoms with Gasteiger partial charge in [0.05, 0.1) is 5.75 Å². The van der Waals surface area contributed by atoms with Crippen LogP contribution in [0.25, 0.3) is 0 Å². The Morgan fingerprint density at radius 1 is 1.41 bits per heavy atom. The van der Waals surface area contributed by atoms with E-state index in [0.29, 0.717) is 24.5 Å². The second-order valence-electron chi connectivity index (χ2n) is 5.47. The molecule has 22 heavy (non-hydrogen) atoms. The zero-order chi connectivity index (χ0) is 16.8. The van der Waals surface area contributed by atoms with Gasteiger partial charge in [-0.15, -0.1) is 0 Å². The van der Waals surface area contributed by atoms with Gasteiger partial charge < -0.3 is 10.6 Å². The maximum atomic E-state index is 13.5. The molecule has 0 aliphatic rings. The molecule has 1 unspecified atom stereocenters. The van der Waals surface area contributed by atoms with Crippen molar-refractivity contribution in [3.8, 4) is 0 Å². The monoisotopic (exact) mass is 329 g/mol. The van der Waals surface area contributed by atoms with Crippen molar-refractivity contribution in [3.05, 3.63) is 35.1 Å². The van der Waals surface area contributed by atoms with E-state index >= 15 is 0 Å².